The summed E-state index contributed by atoms with van der Waals surface area (Å²) in [5.41, 5.74) is 0.975. The maximum Gasteiger partial charge on any atom is 0.436 e. The van der Waals surface area contributed by atoms with Crippen molar-refractivity contribution in [2.45, 2.75) is 21.7 Å². The minimum atomic E-state index is -4.63. The number of fused-ring (bicyclic) bond motifs is 3. The summed E-state index contributed by atoms with van der Waals surface area (Å²) < 4.78 is 64.7. The SMILES string of the molecule is NS(=O)(=O)c1ccc(-n2nc(C(F)(F)F)c3c2-c2ccc(Cl)cc2CS3)cc1. The average molecular weight is 446 g/mol. The zero-order valence-corrected chi connectivity index (χ0v) is 16.3. The highest BCUT2D eigenvalue weighted by Gasteiger charge is 2.41. The molecule has 1 aliphatic rings. The summed E-state index contributed by atoms with van der Waals surface area (Å²) >= 11 is 7.06. The lowest BCUT2D eigenvalue weighted by Crippen LogP contribution is -2.12. The van der Waals surface area contributed by atoms with E-state index in [-0.39, 0.29) is 15.5 Å². The second-order valence-corrected chi connectivity index (χ2v) is 9.05. The molecule has 146 valence electrons. The summed E-state index contributed by atoms with van der Waals surface area (Å²) in [4.78, 5) is -0.118. The van der Waals surface area contributed by atoms with Crippen molar-refractivity contribution in [1.29, 1.82) is 0 Å². The van der Waals surface area contributed by atoms with E-state index in [0.717, 1.165) is 17.3 Å². The number of nitrogens with zero attached hydrogens (tertiary/aromatic N) is 2. The predicted octanol–water partition coefficient (Wildman–Crippen LogP) is 4.46. The molecule has 3 aromatic rings. The van der Waals surface area contributed by atoms with Gasteiger partial charge in [-0.05, 0) is 42.0 Å². The molecule has 11 heteroatoms. The van der Waals surface area contributed by atoms with Crippen LogP contribution in [-0.2, 0) is 22.0 Å². The Kier molecular flexibility index (Phi) is 4.49. The number of alkyl halides is 3. The van der Waals surface area contributed by atoms with Gasteiger partial charge in [0.05, 0.1) is 21.2 Å². The van der Waals surface area contributed by atoms with Crippen LogP contribution in [0.3, 0.4) is 0 Å². The van der Waals surface area contributed by atoms with E-state index in [1.807, 2.05) is 0 Å². The van der Waals surface area contributed by atoms with E-state index < -0.39 is 21.9 Å². The van der Waals surface area contributed by atoms with Gasteiger partial charge in [0, 0.05) is 16.3 Å². The largest absolute Gasteiger partial charge is 0.436 e. The Bertz CT molecular complexity index is 1190. The Labute approximate surface area is 167 Å². The molecule has 2 aromatic carbocycles. The van der Waals surface area contributed by atoms with E-state index in [1.165, 1.54) is 28.9 Å². The van der Waals surface area contributed by atoms with Gasteiger partial charge in [-0.2, -0.15) is 18.3 Å². The first-order valence-corrected chi connectivity index (χ1v) is 10.7. The van der Waals surface area contributed by atoms with Crippen molar-refractivity contribution in [1.82, 2.24) is 9.78 Å². The molecule has 0 aliphatic carbocycles. The molecule has 0 atom stereocenters. The number of hydrogen-bond donors (Lipinski definition) is 1. The fourth-order valence-corrected chi connectivity index (χ4v) is 4.86. The quantitative estimate of drug-likeness (QED) is 0.631. The van der Waals surface area contributed by atoms with Gasteiger partial charge in [-0.3, -0.25) is 0 Å². The van der Waals surface area contributed by atoms with E-state index >= 15 is 0 Å². The Morgan fingerprint density at radius 2 is 1.82 bits per heavy atom. The summed E-state index contributed by atoms with van der Waals surface area (Å²) in [6.45, 7) is 0. The van der Waals surface area contributed by atoms with Crippen molar-refractivity contribution in [2.75, 3.05) is 0 Å². The minimum Gasteiger partial charge on any atom is -0.231 e. The van der Waals surface area contributed by atoms with Gasteiger partial charge in [-0.15, -0.1) is 11.8 Å². The molecule has 28 heavy (non-hydrogen) atoms. The number of aromatic nitrogens is 2. The highest BCUT2D eigenvalue weighted by Crippen LogP contribution is 2.48. The van der Waals surface area contributed by atoms with E-state index in [9.17, 15) is 21.6 Å². The third-order valence-electron chi connectivity index (χ3n) is 4.21. The van der Waals surface area contributed by atoms with Crippen molar-refractivity contribution < 1.29 is 21.6 Å². The van der Waals surface area contributed by atoms with Gasteiger partial charge in [0.25, 0.3) is 0 Å². The van der Waals surface area contributed by atoms with Gasteiger partial charge < -0.3 is 0 Å². The van der Waals surface area contributed by atoms with E-state index in [2.05, 4.69) is 5.10 Å². The highest BCUT2D eigenvalue weighted by molar-refractivity contribution is 7.98. The summed E-state index contributed by atoms with van der Waals surface area (Å²) in [6, 6.07) is 10.2. The van der Waals surface area contributed by atoms with Gasteiger partial charge in [-0.1, -0.05) is 17.7 Å². The number of thioether (sulfide) groups is 1. The zero-order chi connectivity index (χ0) is 20.3. The number of hydrogen-bond acceptors (Lipinski definition) is 4. The molecule has 0 amide bonds. The van der Waals surface area contributed by atoms with Crippen LogP contribution in [0.15, 0.2) is 52.3 Å². The molecular weight excluding hydrogens is 435 g/mol. The van der Waals surface area contributed by atoms with Crippen LogP contribution in [0, 0.1) is 0 Å². The molecule has 0 radical (unpaired) electrons. The molecule has 2 N–H and O–H groups in total. The van der Waals surface area contributed by atoms with E-state index in [4.69, 9.17) is 16.7 Å². The minimum absolute atomic E-state index is 0.0258. The summed E-state index contributed by atoms with van der Waals surface area (Å²) in [6.07, 6.45) is -4.63. The average Bonchev–Trinajstić information content (AvgIpc) is 3.01. The molecule has 0 unspecified atom stereocenters. The third kappa shape index (κ3) is 3.30. The van der Waals surface area contributed by atoms with Crippen molar-refractivity contribution in [3.05, 3.63) is 58.7 Å². The number of nitrogens with two attached hydrogens (primary N) is 1. The summed E-state index contributed by atoms with van der Waals surface area (Å²) in [7, 11) is -3.92. The molecule has 1 aromatic heterocycles. The lowest BCUT2D eigenvalue weighted by atomic mass is 10.0. The van der Waals surface area contributed by atoms with Crippen molar-refractivity contribution in [3.63, 3.8) is 0 Å². The van der Waals surface area contributed by atoms with Crippen LogP contribution in [0.2, 0.25) is 5.02 Å². The Balaban J connectivity index is 1.96. The summed E-state index contributed by atoms with van der Waals surface area (Å²) in [5, 5.41) is 9.37. The fourth-order valence-electron chi connectivity index (χ4n) is 2.99. The first-order valence-electron chi connectivity index (χ1n) is 7.81. The standard InChI is InChI=1S/C17H11ClF3N3O2S2/c18-10-1-6-13-9(7-10)8-27-15-14(13)24(23-16(15)17(19,20)21)11-2-4-12(5-3-11)28(22,25)26/h1-7H,8H2,(H2,22,25,26). The topological polar surface area (TPSA) is 78.0 Å². The second-order valence-electron chi connectivity index (χ2n) is 6.06. The molecule has 5 nitrogen and oxygen atoms in total. The fraction of sp³-hybridized carbons (Fsp3) is 0.118. The molecule has 2 heterocycles. The van der Waals surface area contributed by atoms with E-state index in [0.29, 0.717) is 22.0 Å². The Morgan fingerprint density at radius 3 is 2.43 bits per heavy atom. The molecule has 0 spiro atoms. The molecule has 0 fully saturated rings. The van der Waals surface area contributed by atoms with Crippen molar-refractivity contribution >= 4 is 33.4 Å². The Morgan fingerprint density at radius 1 is 1.14 bits per heavy atom. The second kappa shape index (κ2) is 6.51. The van der Waals surface area contributed by atoms with Gasteiger partial charge in [-0.25, -0.2) is 18.2 Å². The van der Waals surface area contributed by atoms with Crippen LogP contribution >= 0.6 is 23.4 Å². The molecule has 1 aliphatic heterocycles. The lowest BCUT2D eigenvalue weighted by Gasteiger charge is -2.19. The van der Waals surface area contributed by atoms with Crippen LogP contribution in [0.25, 0.3) is 16.9 Å². The third-order valence-corrected chi connectivity index (χ3v) is 6.51. The monoisotopic (exact) mass is 445 g/mol. The molecule has 4 rings (SSSR count). The number of benzene rings is 2. The van der Waals surface area contributed by atoms with Gasteiger partial charge in [0.15, 0.2) is 5.69 Å². The van der Waals surface area contributed by atoms with Crippen molar-refractivity contribution in [2.24, 2.45) is 5.14 Å². The summed E-state index contributed by atoms with van der Waals surface area (Å²) in [5.74, 6) is 0.335. The first kappa shape index (κ1) is 19.3. The number of halogens is 4. The van der Waals surface area contributed by atoms with Gasteiger partial charge >= 0.3 is 6.18 Å². The molecule has 0 saturated carbocycles. The number of primary sulfonamides is 1. The van der Waals surface area contributed by atoms with Gasteiger partial charge in [0.2, 0.25) is 10.0 Å². The number of sulfonamides is 1. The van der Waals surface area contributed by atoms with Crippen LogP contribution < -0.4 is 5.14 Å². The van der Waals surface area contributed by atoms with E-state index in [1.54, 1.807) is 18.2 Å². The molecule has 0 bridgehead atoms. The highest BCUT2D eigenvalue weighted by atomic mass is 35.5. The molecular formula is C17H11ClF3N3O2S2. The van der Waals surface area contributed by atoms with Crippen molar-refractivity contribution in [3.8, 4) is 16.9 Å². The normalized spacial score (nSPS) is 13.9. The number of rotatable bonds is 2. The van der Waals surface area contributed by atoms with Crippen LogP contribution in [0.1, 0.15) is 11.3 Å². The maximum absolute atomic E-state index is 13.6. The zero-order valence-electron chi connectivity index (χ0n) is 13.9. The van der Waals surface area contributed by atoms with Crippen LogP contribution in [0.5, 0.6) is 0 Å². The van der Waals surface area contributed by atoms with Gasteiger partial charge in [0.1, 0.15) is 0 Å². The van der Waals surface area contributed by atoms with Crippen LogP contribution in [0.4, 0.5) is 13.2 Å². The maximum atomic E-state index is 13.6. The first-order chi connectivity index (χ1) is 13.1. The smallest absolute Gasteiger partial charge is 0.231 e. The van der Waals surface area contributed by atoms with Crippen LogP contribution in [-0.4, -0.2) is 18.2 Å². The predicted molar refractivity (Wildman–Crippen MR) is 99.9 cm³/mol. The lowest BCUT2D eigenvalue weighted by molar-refractivity contribution is -0.143. The molecule has 0 saturated heterocycles. The Hall–Kier alpha value is -2.01.